The number of fused-ring (bicyclic) bond motifs is 1. The molecule has 3 aromatic rings. The number of rotatable bonds is 5. The van der Waals surface area contributed by atoms with E-state index in [1.54, 1.807) is 6.07 Å². The van der Waals surface area contributed by atoms with Crippen LogP contribution in [-0.4, -0.2) is 29.6 Å². The Kier molecular flexibility index (Phi) is 6.05. The quantitative estimate of drug-likeness (QED) is 0.651. The van der Waals surface area contributed by atoms with Gasteiger partial charge in [0.05, 0.1) is 17.1 Å². The summed E-state index contributed by atoms with van der Waals surface area (Å²) in [7, 11) is 0. The minimum absolute atomic E-state index is 0.309. The van der Waals surface area contributed by atoms with Crippen molar-refractivity contribution >= 4 is 16.7 Å². The Morgan fingerprint density at radius 1 is 1.13 bits per heavy atom. The van der Waals surface area contributed by atoms with Crippen molar-refractivity contribution in [3.05, 3.63) is 65.5 Å². The first kappa shape index (κ1) is 21.1. The second-order valence-electron chi connectivity index (χ2n) is 7.77. The lowest BCUT2D eigenvalue weighted by Gasteiger charge is -2.33. The lowest BCUT2D eigenvalue weighted by Crippen LogP contribution is -2.37. The number of pyridine rings is 2. The highest BCUT2D eigenvalue weighted by molar-refractivity contribution is 5.89. The summed E-state index contributed by atoms with van der Waals surface area (Å²) in [6.07, 6.45) is -0.999. The molecule has 160 valence electrons. The third kappa shape index (κ3) is 4.94. The fourth-order valence-corrected chi connectivity index (χ4v) is 3.97. The summed E-state index contributed by atoms with van der Waals surface area (Å²) >= 11 is 0. The van der Waals surface area contributed by atoms with Gasteiger partial charge in [-0.25, -0.2) is 9.97 Å². The standard InChI is InChI=1S/C23H22F3N5/c24-23(25,26)21-5-4-19-20(30-21)6-9-29-22(19)31-10-7-16(8-11-31)14-28-15-18-3-1-2-17(12-18)13-27/h1-6,9,12,16,28H,7-8,10-11,14-15H2. The molecular weight excluding hydrogens is 403 g/mol. The maximum Gasteiger partial charge on any atom is 0.433 e. The zero-order valence-electron chi connectivity index (χ0n) is 16.9. The molecule has 0 atom stereocenters. The van der Waals surface area contributed by atoms with Crippen LogP contribution in [0.25, 0.3) is 10.9 Å². The third-order valence-corrected chi connectivity index (χ3v) is 5.62. The van der Waals surface area contributed by atoms with Crippen LogP contribution in [0.3, 0.4) is 0 Å². The minimum Gasteiger partial charge on any atom is -0.356 e. The average molecular weight is 425 g/mol. The van der Waals surface area contributed by atoms with Crippen molar-refractivity contribution in [3.63, 3.8) is 0 Å². The summed E-state index contributed by atoms with van der Waals surface area (Å²) in [5.74, 6) is 1.21. The van der Waals surface area contributed by atoms with Gasteiger partial charge in [-0.3, -0.25) is 0 Å². The van der Waals surface area contributed by atoms with Gasteiger partial charge in [-0.05, 0) is 61.2 Å². The van der Waals surface area contributed by atoms with Crippen LogP contribution in [0.4, 0.5) is 19.0 Å². The molecule has 31 heavy (non-hydrogen) atoms. The maximum atomic E-state index is 13.0. The number of halogens is 3. The number of nitrogens with one attached hydrogen (secondary N) is 1. The van der Waals surface area contributed by atoms with E-state index in [4.69, 9.17) is 5.26 Å². The number of hydrogen-bond acceptors (Lipinski definition) is 5. The summed E-state index contributed by atoms with van der Waals surface area (Å²) in [5.41, 5.74) is 1.17. The summed E-state index contributed by atoms with van der Waals surface area (Å²) < 4.78 is 38.9. The number of benzene rings is 1. The zero-order chi connectivity index (χ0) is 21.8. The molecule has 0 unspecified atom stereocenters. The molecule has 4 rings (SSSR count). The lowest BCUT2D eigenvalue weighted by atomic mass is 9.96. The fraction of sp³-hybridized carbons (Fsp3) is 0.348. The van der Waals surface area contributed by atoms with Crippen molar-refractivity contribution in [1.82, 2.24) is 15.3 Å². The first-order chi connectivity index (χ1) is 14.9. The van der Waals surface area contributed by atoms with Gasteiger partial charge in [0.25, 0.3) is 0 Å². The molecule has 1 aliphatic rings. The van der Waals surface area contributed by atoms with Gasteiger partial charge in [0, 0.05) is 31.2 Å². The van der Waals surface area contributed by atoms with Crippen LogP contribution in [-0.2, 0) is 12.7 Å². The Morgan fingerprint density at radius 2 is 1.94 bits per heavy atom. The van der Waals surface area contributed by atoms with Gasteiger partial charge in [0.1, 0.15) is 11.5 Å². The summed E-state index contributed by atoms with van der Waals surface area (Å²) in [6.45, 7) is 3.19. The van der Waals surface area contributed by atoms with Gasteiger partial charge in [-0.15, -0.1) is 0 Å². The first-order valence-corrected chi connectivity index (χ1v) is 10.2. The van der Waals surface area contributed by atoms with Crippen LogP contribution >= 0.6 is 0 Å². The van der Waals surface area contributed by atoms with Gasteiger partial charge in [-0.1, -0.05) is 12.1 Å². The van der Waals surface area contributed by atoms with E-state index in [0.29, 0.717) is 34.7 Å². The van der Waals surface area contributed by atoms with Crippen LogP contribution < -0.4 is 10.2 Å². The second kappa shape index (κ2) is 8.90. The predicted molar refractivity (Wildman–Crippen MR) is 112 cm³/mol. The molecular formula is C23H22F3N5. The number of nitrogens with zero attached hydrogens (tertiary/aromatic N) is 4. The lowest BCUT2D eigenvalue weighted by molar-refractivity contribution is -0.140. The molecule has 2 aromatic heterocycles. The van der Waals surface area contributed by atoms with E-state index in [9.17, 15) is 13.2 Å². The second-order valence-corrected chi connectivity index (χ2v) is 7.77. The van der Waals surface area contributed by atoms with E-state index in [1.807, 2.05) is 18.2 Å². The average Bonchev–Trinajstić information content (AvgIpc) is 2.78. The van der Waals surface area contributed by atoms with E-state index in [2.05, 4.69) is 26.3 Å². The smallest absolute Gasteiger partial charge is 0.356 e. The molecule has 1 N–H and O–H groups in total. The highest BCUT2D eigenvalue weighted by atomic mass is 19.4. The van der Waals surface area contributed by atoms with Crippen LogP contribution in [0.5, 0.6) is 0 Å². The Hall–Kier alpha value is -3.18. The van der Waals surface area contributed by atoms with Crippen LogP contribution in [0.15, 0.2) is 48.7 Å². The molecule has 8 heteroatoms. The Balaban J connectivity index is 1.35. The number of piperidine rings is 1. The summed E-state index contributed by atoms with van der Waals surface area (Å²) in [5, 5.41) is 13.1. The topological polar surface area (TPSA) is 64.8 Å². The van der Waals surface area contributed by atoms with Crippen molar-refractivity contribution in [3.8, 4) is 6.07 Å². The highest BCUT2D eigenvalue weighted by Gasteiger charge is 2.32. The molecule has 0 radical (unpaired) electrons. The molecule has 1 aliphatic heterocycles. The van der Waals surface area contributed by atoms with Gasteiger partial charge in [-0.2, -0.15) is 18.4 Å². The number of alkyl halides is 3. The van der Waals surface area contributed by atoms with Crippen LogP contribution in [0.1, 0.15) is 29.7 Å². The van der Waals surface area contributed by atoms with Crippen molar-refractivity contribution in [2.24, 2.45) is 5.92 Å². The fourth-order valence-electron chi connectivity index (χ4n) is 3.97. The number of nitriles is 1. The van der Waals surface area contributed by atoms with E-state index in [1.165, 1.54) is 18.3 Å². The van der Waals surface area contributed by atoms with Crippen LogP contribution in [0, 0.1) is 17.2 Å². The number of aromatic nitrogens is 2. The first-order valence-electron chi connectivity index (χ1n) is 10.2. The monoisotopic (exact) mass is 425 g/mol. The summed E-state index contributed by atoms with van der Waals surface area (Å²) in [4.78, 5) is 10.3. The van der Waals surface area contributed by atoms with Crippen molar-refractivity contribution in [1.29, 1.82) is 5.26 Å². The highest BCUT2D eigenvalue weighted by Crippen LogP contribution is 2.32. The largest absolute Gasteiger partial charge is 0.433 e. The van der Waals surface area contributed by atoms with E-state index in [-0.39, 0.29) is 0 Å². The van der Waals surface area contributed by atoms with Crippen molar-refractivity contribution < 1.29 is 13.2 Å². The molecule has 5 nitrogen and oxygen atoms in total. The minimum atomic E-state index is -4.46. The van der Waals surface area contributed by atoms with Gasteiger partial charge < -0.3 is 10.2 Å². The number of anilines is 1. The Labute approximate surface area is 178 Å². The van der Waals surface area contributed by atoms with Gasteiger partial charge in [0.2, 0.25) is 0 Å². The molecule has 0 aliphatic carbocycles. The zero-order valence-corrected chi connectivity index (χ0v) is 16.9. The molecule has 0 spiro atoms. The third-order valence-electron chi connectivity index (χ3n) is 5.62. The normalized spacial score (nSPS) is 15.2. The molecule has 0 amide bonds. The Morgan fingerprint density at radius 3 is 2.68 bits per heavy atom. The molecule has 1 fully saturated rings. The van der Waals surface area contributed by atoms with Gasteiger partial charge in [0.15, 0.2) is 0 Å². The van der Waals surface area contributed by atoms with Crippen molar-refractivity contribution in [2.45, 2.75) is 25.6 Å². The predicted octanol–water partition coefficient (Wildman–Crippen LogP) is 4.53. The molecule has 0 bridgehead atoms. The van der Waals surface area contributed by atoms with Crippen molar-refractivity contribution in [2.75, 3.05) is 24.5 Å². The summed E-state index contributed by atoms with van der Waals surface area (Å²) in [6, 6.07) is 13.7. The van der Waals surface area contributed by atoms with E-state index in [0.717, 1.165) is 44.1 Å². The molecule has 3 heterocycles. The Bertz CT molecular complexity index is 1100. The SMILES string of the molecule is N#Cc1cccc(CNCC2CCN(c3nccc4nc(C(F)(F)F)ccc34)CC2)c1. The van der Waals surface area contributed by atoms with E-state index >= 15 is 0 Å². The maximum absolute atomic E-state index is 13.0. The molecule has 1 aromatic carbocycles. The van der Waals surface area contributed by atoms with E-state index < -0.39 is 11.9 Å². The molecule has 1 saturated heterocycles. The van der Waals surface area contributed by atoms with Crippen LogP contribution in [0.2, 0.25) is 0 Å². The molecule has 0 saturated carbocycles. The van der Waals surface area contributed by atoms with Gasteiger partial charge >= 0.3 is 6.18 Å². The number of hydrogen-bond donors (Lipinski definition) is 1.